The highest BCUT2D eigenvalue weighted by Crippen LogP contribution is 2.23. The number of alkyl carbamates (subject to hydrolysis) is 1. The fourth-order valence-electron chi connectivity index (χ4n) is 2.48. The van der Waals surface area contributed by atoms with Crippen molar-refractivity contribution in [3.63, 3.8) is 0 Å². The summed E-state index contributed by atoms with van der Waals surface area (Å²) < 4.78 is 5.11. The lowest BCUT2D eigenvalue weighted by atomic mass is 10.1. The van der Waals surface area contributed by atoms with Crippen LogP contribution >= 0.6 is 23.2 Å². The van der Waals surface area contributed by atoms with Gasteiger partial charge >= 0.3 is 6.09 Å². The zero-order valence-corrected chi connectivity index (χ0v) is 19.1. The van der Waals surface area contributed by atoms with E-state index in [-0.39, 0.29) is 31.3 Å². The molecule has 9 heteroatoms. The Morgan fingerprint density at radius 1 is 0.968 bits per heavy atom. The Morgan fingerprint density at radius 2 is 1.71 bits per heavy atom. The molecule has 3 N–H and O–H groups in total. The van der Waals surface area contributed by atoms with E-state index in [2.05, 4.69) is 16.0 Å². The van der Waals surface area contributed by atoms with Crippen LogP contribution in [0.3, 0.4) is 0 Å². The summed E-state index contributed by atoms with van der Waals surface area (Å²) in [6, 6.07) is 11.7. The monoisotopic (exact) mass is 465 g/mol. The Hall–Kier alpha value is -2.77. The number of benzene rings is 2. The largest absolute Gasteiger partial charge is 0.444 e. The van der Waals surface area contributed by atoms with Gasteiger partial charge in [0, 0.05) is 30.8 Å². The highest BCUT2D eigenvalue weighted by molar-refractivity contribution is 6.42. The molecule has 0 fully saturated rings. The summed E-state index contributed by atoms with van der Waals surface area (Å²) in [5, 5.41) is 8.76. The summed E-state index contributed by atoms with van der Waals surface area (Å²) >= 11 is 11.8. The molecule has 0 saturated heterocycles. The molecule has 0 unspecified atom stereocenters. The molecular formula is C22H25Cl2N3O4. The second-order valence-corrected chi connectivity index (χ2v) is 8.55. The van der Waals surface area contributed by atoms with Gasteiger partial charge < -0.3 is 20.7 Å². The van der Waals surface area contributed by atoms with Crippen molar-refractivity contribution in [2.24, 2.45) is 0 Å². The van der Waals surface area contributed by atoms with Gasteiger partial charge in [0.1, 0.15) is 5.60 Å². The number of hydrogen-bond donors (Lipinski definition) is 3. The van der Waals surface area contributed by atoms with E-state index in [4.69, 9.17) is 27.9 Å². The van der Waals surface area contributed by atoms with Crippen molar-refractivity contribution in [2.75, 3.05) is 11.9 Å². The lowest BCUT2D eigenvalue weighted by Gasteiger charge is -2.19. The fourth-order valence-corrected chi connectivity index (χ4v) is 2.78. The molecule has 0 aromatic heterocycles. The molecule has 0 saturated carbocycles. The number of ether oxygens (including phenoxy) is 1. The van der Waals surface area contributed by atoms with Crippen LogP contribution in [0.15, 0.2) is 42.5 Å². The van der Waals surface area contributed by atoms with Crippen molar-refractivity contribution < 1.29 is 19.1 Å². The summed E-state index contributed by atoms with van der Waals surface area (Å²) in [6.45, 7) is 5.74. The van der Waals surface area contributed by atoms with Gasteiger partial charge in [-0.15, -0.1) is 0 Å². The van der Waals surface area contributed by atoms with E-state index in [1.54, 1.807) is 51.1 Å². The highest BCUT2D eigenvalue weighted by atomic mass is 35.5. The van der Waals surface area contributed by atoms with E-state index in [1.165, 1.54) is 6.07 Å². The van der Waals surface area contributed by atoms with Gasteiger partial charge in [0.2, 0.25) is 5.91 Å². The van der Waals surface area contributed by atoms with Gasteiger partial charge in [-0.3, -0.25) is 9.59 Å². The van der Waals surface area contributed by atoms with E-state index >= 15 is 0 Å². The number of amides is 3. The topological polar surface area (TPSA) is 96.5 Å². The number of nitrogens with one attached hydrogen (secondary N) is 3. The lowest BCUT2D eigenvalue weighted by molar-refractivity contribution is -0.121. The van der Waals surface area contributed by atoms with Crippen molar-refractivity contribution in [3.8, 4) is 0 Å². The van der Waals surface area contributed by atoms with Gasteiger partial charge in [-0.2, -0.15) is 0 Å². The zero-order valence-electron chi connectivity index (χ0n) is 17.6. The first-order valence-corrected chi connectivity index (χ1v) is 10.4. The Morgan fingerprint density at radius 3 is 2.39 bits per heavy atom. The van der Waals surface area contributed by atoms with Crippen LogP contribution in [0.1, 0.15) is 43.1 Å². The zero-order chi connectivity index (χ0) is 23.0. The van der Waals surface area contributed by atoms with E-state index in [0.717, 1.165) is 5.56 Å². The average molecular weight is 466 g/mol. The van der Waals surface area contributed by atoms with Gasteiger partial charge in [-0.1, -0.05) is 35.3 Å². The van der Waals surface area contributed by atoms with Crippen LogP contribution < -0.4 is 16.0 Å². The number of carbonyl (C=O) groups excluding carboxylic acids is 3. The van der Waals surface area contributed by atoms with Crippen LogP contribution in [0.2, 0.25) is 10.0 Å². The minimum atomic E-state index is -0.591. The molecule has 0 heterocycles. The maximum absolute atomic E-state index is 12.4. The van der Waals surface area contributed by atoms with Crippen molar-refractivity contribution in [2.45, 2.75) is 39.3 Å². The second-order valence-electron chi connectivity index (χ2n) is 7.74. The summed E-state index contributed by atoms with van der Waals surface area (Å²) in [5.41, 5.74) is 1.17. The molecule has 2 rings (SSSR count). The molecule has 0 aliphatic heterocycles. The minimum absolute atomic E-state index is 0.118. The van der Waals surface area contributed by atoms with Gasteiger partial charge in [-0.05, 0) is 56.7 Å². The molecule has 31 heavy (non-hydrogen) atoms. The van der Waals surface area contributed by atoms with Crippen LogP contribution in [-0.4, -0.2) is 30.1 Å². The summed E-state index contributed by atoms with van der Waals surface area (Å²) in [4.78, 5) is 36.0. The summed E-state index contributed by atoms with van der Waals surface area (Å²) in [7, 11) is 0. The number of anilines is 1. The number of halogens is 2. The molecule has 0 radical (unpaired) electrons. The third-order valence-electron chi connectivity index (χ3n) is 3.88. The molecule has 7 nitrogen and oxygen atoms in total. The van der Waals surface area contributed by atoms with Crippen LogP contribution in [-0.2, 0) is 16.1 Å². The smallest absolute Gasteiger partial charge is 0.407 e. The SMILES string of the molecule is CC(C)(C)OC(=O)NCCC(=O)NCc1cccc(NC(=O)c2ccc(Cl)c(Cl)c2)c1. The Balaban J connectivity index is 1.81. The normalized spacial score (nSPS) is 10.9. The van der Waals surface area contributed by atoms with Crippen LogP contribution in [0, 0.1) is 0 Å². The first kappa shape index (κ1) is 24.5. The maximum Gasteiger partial charge on any atom is 0.407 e. The first-order valence-electron chi connectivity index (χ1n) is 9.62. The number of rotatable bonds is 7. The van der Waals surface area contributed by atoms with Gasteiger partial charge in [0.15, 0.2) is 0 Å². The predicted molar refractivity (Wildman–Crippen MR) is 122 cm³/mol. The van der Waals surface area contributed by atoms with Crippen LogP contribution in [0.4, 0.5) is 10.5 Å². The summed E-state index contributed by atoms with van der Waals surface area (Å²) in [5.74, 6) is -0.547. The highest BCUT2D eigenvalue weighted by Gasteiger charge is 2.16. The molecular weight excluding hydrogens is 441 g/mol. The molecule has 0 spiro atoms. The molecule has 0 atom stereocenters. The first-order chi connectivity index (χ1) is 14.5. The van der Waals surface area contributed by atoms with Gasteiger partial charge in [0.25, 0.3) is 5.91 Å². The number of hydrogen-bond acceptors (Lipinski definition) is 4. The minimum Gasteiger partial charge on any atom is -0.444 e. The Labute approximate surface area is 191 Å². The lowest BCUT2D eigenvalue weighted by Crippen LogP contribution is -2.35. The maximum atomic E-state index is 12.4. The standard InChI is InChI=1S/C22H25Cl2N3O4/c1-22(2,3)31-21(30)25-10-9-19(28)26-13-14-5-4-6-16(11-14)27-20(29)15-7-8-17(23)18(24)12-15/h4-8,11-12H,9-10,13H2,1-3H3,(H,25,30)(H,26,28)(H,27,29). The van der Waals surface area contributed by atoms with E-state index < -0.39 is 11.7 Å². The Bertz CT molecular complexity index is 958. The average Bonchev–Trinajstić information content (AvgIpc) is 2.67. The van der Waals surface area contributed by atoms with Crippen molar-refractivity contribution in [3.05, 3.63) is 63.6 Å². The molecule has 166 valence electrons. The van der Waals surface area contributed by atoms with E-state index in [9.17, 15) is 14.4 Å². The van der Waals surface area contributed by atoms with E-state index in [0.29, 0.717) is 21.3 Å². The Kier molecular flexibility index (Phi) is 8.71. The summed E-state index contributed by atoms with van der Waals surface area (Å²) in [6.07, 6.45) is -0.446. The molecule has 0 aliphatic carbocycles. The predicted octanol–water partition coefficient (Wildman–Crippen LogP) is 4.78. The van der Waals surface area contributed by atoms with Crippen molar-refractivity contribution in [1.29, 1.82) is 0 Å². The molecule has 3 amide bonds. The van der Waals surface area contributed by atoms with Gasteiger partial charge in [-0.25, -0.2) is 4.79 Å². The van der Waals surface area contributed by atoms with E-state index in [1.807, 2.05) is 6.07 Å². The quantitative estimate of drug-likeness (QED) is 0.548. The number of carbonyl (C=O) groups is 3. The molecule has 0 bridgehead atoms. The third-order valence-corrected chi connectivity index (χ3v) is 4.62. The second kappa shape index (κ2) is 11.0. The molecule has 2 aromatic carbocycles. The van der Waals surface area contributed by atoms with Crippen LogP contribution in [0.5, 0.6) is 0 Å². The van der Waals surface area contributed by atoms with Gasteiger partial charge in [0.05, 0.1) is 10.0 Å². The van der Waals surface area contributed by atoms with Crippen LogP contribution in [0.25, 0.3) is 0 Å². The third kappa shape index (κ3) is 8.86. The van der Waals surface area contributed by atoms with Crippen molar-refractivity contribution in [1.82, 2.24) is 10.6 Å². The van der Waals surface area contributed by atoms with Crippen molar-refractivity contribution >= 4 is 46.8 Å². The fraction of sp³-hybridized carbons (Fsp3) is 0.318. The molecule has 0 aliphatic rings. The molecule has 2 aromatic rings.